The SMILES string of the molecule is COC1C(OC(=O)N(Cl)C(C)=O)CCC2(CO2)C1C1(C)OC1CC=C(C)C. The molecule has 8 heteroatoms. The molecule has 6 unspecified atom stereocenters. The molecule has 1 saturated carbocycles. The average molecular weight is 402 g/mol. The van der Waals surface area contributed by atoms with Crippen molar-refractivity contribution in [3.63, 3.8) is 0 Å². The Bertz CT molecular complexity index is 644. The van der Waals surface area contributed by atoms with Crippen molar-refractivity contribution < 1.29 is 28.5 Å². The minimum atomic E-state index is -0.884. The highest BCUT2D eigenvalue weighted by atomic mass is 35.5. The minimum Gasteiger partial charge on any atom is -0.442 e. The van der Waals surface area contributed by atoms with Gasteiger partial charge in [-0.15, -0.1) is 0 Å². The first-order valence-electron chi connectivity index (χ1n) is 9.29. The van der Waals surface area contributed by atoms with E-state index in [4.69, 9.17) is 30.7 Å². The number of allylic oxidation sites excluding steroid dienone is 1. The number of nitrogens with zero attached hydrogens (tertiary/aromatic N) is 1. The Morgan fingerprint density at radius 1 is 1.33 bits per heavy atom. The molecule has 6 atom stereocenters. The number of methoxy groups -OCH3 is 1. The van der Waals surface area contributed by atoms with Crippen molar-refractivity contribution in [3.05, 3.63) is 11.6 Å². The van der Waals surface area contributed by atoms with E-state index in [1.165, 1.54) is 12.5 Å². The summed E-state index contributed by atoms with van der Waals surface area (Å²) in [6.45, 7) is 8.05. The van der Waals surface area contributed by atoms with Gasteiger partial charge in [-0.3, -0.25) is 4.79 Å². The Hall–Kier alpha value is -1.15. The highest BCUT2D eigenvalue weighted by Crippen LogP contribution is 2.59. The van der Waals surface area contributed by atoms with Gasteiger partial charge < -0.3 is 18.9 Å². The summed E-state index contributed by atoms with van der Waals surface area (Å²) in [5.74, 6) is -0.664. The van der Waals surface area contributed by atoms with Gasteiger partial charge in [0.1, 0.15) is 23.4 Å². The maximum absolute atomic E-state index is 12.1. The van der Waals surface area contributed by atoms with Crippen LogP contribution in [0.15, 0.2) is 11.6 Å². The molecule has 0 aromatic rings. The molecule has 2 amide bonds. The summed E-state index contributed by atoms with van der Waals surface area (Å²) in [7, 11) is 1.60. The van der Waals surface area contributed by atoms with E-state index in [-0.39, 0.29) is 17.6 Å². The topological polar surface area (TPSA) is 80.9 Å². The zero-order chi connectivity index (χ0) is 20.0. The number of imide groups is 1. The third-order valence-corrected chi connectivity index (χ3v) is 6.30. The monoisotopic (exact) mass is 401 g/mol. The van der Waals surface area contributed by atoms with E-state index in [0.717, 1.165) is 12.8 Å². The van der Waals surface area contributed by atoms with Crippen molar-refractivity contribution >= 4 is 23.8 Å². The van der Waals surface area contributed by atoms with Crippen LogP contribution in [0, 0.1) is 5.92 Å². The molecule has 0 aromatic carbocycles. The molecule has 2 heterocycles. The first kappa shape index (κ1) is 20.6. The fourth-order valence-electron chi connectivity index (χ4n) is 4.37. The lowest BCUT2D eigenvalue weighted by atomic mass is 9.68. The highest BCUT2D eigenvalue weighted by Gasteiger charge is 2.72. The van der Waals surface area contributed by atoms with E-state index < -0.39 is 29.8 Å². The van der Waals surface area contributed by atoms with Gasteiger partial charge in [-0.05, 0) is 40.0 Å². The van der Waals surface area contributed by atoms with Gasteiger partial charge >= 0.3 is 6.09 Å². The Balaban J connectivity index is 1.76. The molecule has 0 aromatic heterocycles. The third kappa shape index (κ3) is 3.88. The first-order chi connectivity index (χ1) is 12.6. The van der Waals surface area contributed by atoms with Gasteiger partial charge in [0.05, 0.1) is 18.6 Å². The largest absolute Gasteiger partial charge is 0.442 e. The number of epoxide rings is 2. The van der Waals surface area contributed by atoms with Crippen molar-refractivity contribution in [1.82, 2.24) is 4.42 Å². The van der Waals surface area contributed by atoms with Crippen LogP contribution in [0.1, 0.15) is 47.0 Å². The second-order valence-corrected chi connectivity index (χ2v) is 8.44. The second kappa shape index (κ2) is 7.35. The number of amides is 2. The molecule has 27 heavy (non-hydrogen) atoms. The smallest absolute Gasteiger partial charge is 0.432 e. The van der Waals surface area contributed by atoms with Crippen LogP contribution in [0.3, 0.4) is 0 Å². The first-order valence-corrected chi connectivity index (χ1v) is 9.63. The van der Waals surface area contributed by atoms with Gasteiger partial charge in [-0.1, -0.05) is 11.6 Å². The number of carbonyl (C=O) groups excluding carboxylic acids is 2. The van der Waals surface area contributed by atoms with Crippen LogP contribution < -0.4 is 0 Å². The molecule has 3 fully saturated rings. The Morgan fingerprint density at radius 3 is 2.52 bits per heavy atom. The maximum atomic E-state index is 12.1. The summed E-state index contributed by atoms with van der Waals surface area (Å²) in [6, 6.07) is 0. The summed E-state index contributed by atoms with van der Waals surface area (Å²) in [4.78, 5) is 23.4. The van der Waals surface area contributed by atoms with Crippen LogP contribution in [0.2, 0.25) is 0 Å². The van der Waals surface area contributed by atoms with Gasteiger partial charge in [0.15, 0.2) is 0 Å². The lowest BCUT2D eigenvalue weighted by Crippen LogP contribution is -2.56. The predicted octanol–water partition coefficient (Wildman–Crippen LogP) is 3.20. The summed E-state index contributed by atoms with van der Waals surface area (Å²) in [5, 5.41) is 0. The zero-order valence-corrected chi connectivity index (χ0v) is 17.2. The molecule has 0 N–H and O–H groups in total. The molecule has 0 radical (unpaired) electrons. The molecule has 7 nitrogen and oxygen atoms in total. The van der Waals surface area contributed by atoms with Gasteiger partial charge in [0, 0.05) is 25.8 Å². The van der Waals surface area contributed by atoms with E-state index in [9.17, 15) is 9.59 Å². The Labute approximate surface area is 165 Å². The fourth-order valence-corrected chi connectivity index (χ4v) is 4.41. The predicted molar refractivity (Wildman–Crippen MR) is 98.2 cm³/mol. The lowest BCUT2D eigenvalue weighted by Gasteiger charge is -2.42. The van der Waals surface area contributed by atoms with Crippen LogP contribution in [-0.4, -0.2) is 59.7 Å². The van der Waals surface area contributed by atoms with Crippen LogP contribution in [0.4, 0.5) is 4.79 Å². The van der Waals surface area contributed by atoms with Gasteiger partial charge in [-0.25, -0.2) is 4.79 Å². The quantitative estimate of drug-likeness (QED) is 0.399. The summed E-state index contributed by atoms with van der Waals surface area (Å²) in [6.07, 6.45) is 2.59. The molecule has 1 spiro atoms. The highest BCUT2D eigenvalue weighted by molar-refractivity contribution is 6.28. The van der Waals surface area contributed by atoms with E-state index in [2.05, 4.69) is 26.8 Å². The molecule has 0 bridgehead atoms. The number of ether oxygens (including phenoxy) is 4. The van der Waals surface area contributed by atoms with Gasteiger partial charge in [-0.2, -0.15) is 4.42 Å². The van der Waals surface area contributed by atoms with Crippen molar-refractivity contribution in [2.45, 2.75) is 76.5 Å². The van der Waals surface area contributed by atoms with Crippen LogP contribution in [-0.2, 0) is 23.7 Å². The second-order valence-electron chi connectivity index (χ2n) is 8.10. The lowest BCUT2D eigenvalue weighted by molar-refractivity contribution is -0.130. The summed E-state index contributed by atoms with van der Waals surface area (Å²) >= 11 is 5.69. The minimum absolute atomic E-state index is 0.0711. The van der Waals surface area contributed by atoms with Crippen molar-refractivity contribution in [2.75, 3.05) is 13.7 Å². The van der Waals surface area contributed by atoms with Crippen molar-refractivity contribution in [3.8, 4) is 0 Å². The van der Waals surface area contributed by atoms with Crippen LogP contribution in [0.5, 0.6) is 0 Å². The fraction of sp³-hybridized carbons (Fsp3) is 0.789. The molecule has 3 aliphatic rings. The number of halogens is 1. The molecule has 3 rings (SSSR count). The van der Waals surface area contributed by atoms with Crippen molar-refractivity contribution in [1.29, 1.82) is 0 Å². The van der Waals surface area contributed by atoms with Gasteiger partial charge in [0.2, 0.25) is 5.91 Å². The molecule has 2 saturated heterocycles. The average Bonchev–Trinajstić information content (AvgIpc) is 3.51. The molecule has 2 aliphatic heterocycles. The Kier molecular flexibility index (Phi) is 5.60. The number of rotatable bonds is 5. The Morgan fingerprint density at radius 2 is 2.00 bits per heavy atom. The maximum Gasteiger partial charge on any atom is 0.432 e. The molecule has 152 valence electrons. The number of hydrogen-bond acceptors (Lipinski definition) is 6. The number of carbonyl (C=O) groups is 2. The van der Waals surface area contributed by atoms with E-state index >= 15 is 0 Å². The molecular weight excluding hydrogens is 374 g/mol. The summed E-state index contributed by atoms with van der Waals surface area (Å²) in [5.41, 5.74) is 0.546. The van der Waals surface area contributed by atoms with Gasteiger partial charge in [0.25, 0.3) is 0 Å². The van der Waals surface area contributed by atoms with Crippen LogP contribution in [0.25, 0.3) is 0 Å². The van der Waals surface area contributed by atoms with Crippen LogP contribution >= 0.6 is 11.8 Å². The normalized spacial score (nSPS) is 39.6. The van der Waals surface area contributed by atoms with E-state index in [1.54, 1.807) is 7.11 Å². The molecular formula is C19H28ClNO6. The standard InChI is InChI=1S/C19H28ClNO6/c1-11(2)6-7-14-18(4,27-14)16-15(24-5)13(8-9-19(16)10-25-19)26-17(23)21(20)12(3)22/h6,13-16H,7-10H2,1-5H3. The summed E-state index contributed by atoms with van der Waals surface area (Å²) < 4.78 is 23.7. The number of hydrogen-bond donors (Lipinski definition) is 0. The third-order valence-electron chi connectivity index (χ3n) is 5.93. The van der Waals surface area contributed by atoms with Crippen molar-refractivity contribution in [2.24, 2.45) is 5.92 Å². The molecule has 1 aliphatic carbocycles. The van der Waals surface area contributed by atoms with E-state index in [0.29, 0.717) is 17.4 Å². The van der Waals surface area contributed by atoms with E-state index in [1.807, 2.05) is 0 Å². The zero-order valence-electron chi connectivity index (χ0n) is 16.5.